The number of aliphatic hydroxyl groups is 1. The molecule has 5 nitrogen and oxygen atoms in total. The fourth-order valence-electron chi connectivity index (χ4n) is 2.22. The molecule has 1 heterocycles. The Labute approximate surface area is 131 Å². The minimum absolute atomic E-state index is 0.210. The van der Waals surface area contributed by atoms with E-state index in [2.05, 4.69) is 16.2 Å². The van der Waals surface area contributed by atoms with Crippen LogP contribution in [0.15, 0.2) is 4.21 Å². The molecular weight excluding hydrogens is 314 g/mol. The molecule has 1 atom stereocenters. The van der Waals surface area contributed by atoms with Crippen LogP contribution in [0.1, 0.15) is 39.7 Å². The van der Waals surface area contributed by atoms with Crippen LogP contribution in [-0.4, -0.2) is 29.4 Å². The van der Waals surface area contributed by atoms with E-state index >= 15 is 0 Å². The number of carbonyl (C=O) groups is 1. The Morgan fingerprint density at radius 3 is 2.90 bits per heavy atom. The van der Waals surface area contributed by atoms with Crippen LogP contribution in [0.25, 0.3) is 0 Å². The van der Waals surface area contributed by atoms with Crippen molar-refractivity contribution in [3.63, 3.8) is 0 Å². The van der Waals surface area contributed by atoms with Gasteiger partial charge in [-0.05, 0) is 43.3 Å². The zero-order valence-electron chi connectivity index (χ0n) is 11.3. The average molecular weight is 331 g/mol. The van der Waals surface area contributed by atoms with Crippen molar-refractivity contribution in [2.45, 2.75) is 29.6 Å². The number of thiocarbonyl (C=S) groups is 1. The highest BCUT2D eigenvalue weighted by Crippen LogP contribution is 2.43. The Kier molecular flexibility index (Phi) is 5.25. The molecule has 0 spiro atoms. The largest absolute Gasteiger partial charge is 0.388 e. The lowest BCUT2D eigenvalue weighted by Crippen LogP contribution is -2.45. The lowest BCUT2D eigenvalue weighted by Gasteiger charge is -2.19. The molecule has 1 aliphatic rings. The summed E-state index contributed by atoms with van der Waals surface area (Å²) in [5.41, 5.74) is 7.13. The second-order valence-corrected chi connectivity index (χ2v) is 6.89. The van der Waals surface area contributed by atoms with E-state index in [0.29, 0.717) is 9.99 Å². The maximum absolute atomic E-state index is 12.2. The maximum Gasteiger partial charge on any atom is 0.280 e. The molecule has 0 radical (unpaired) electrons. The first kappa shape index (κ1) is 15.6. The second-order valence-electron chi connectivity index (χ2n) is 4.38. The quantitative estimate of drug-likeness (QED) is 0.375. The highest BCUT2D eigenvalue weighted by Gasteiger charge is 2.29. The maximum atomic E-state index is 12.2. The first-order valence-electron chi connectivity index (χ1n) is 6.24. The van der Waals surface area contributed by atoms with E-state index in [-0.39, 0.29) is 5.91 Å². The topological polar surface area (TPSA) is 73.4 Å². The zero-order chi connectivity index (χ0) is 14.7. The Morgan fingerprint density at radius 1 is 1.50 bits per heavy atom. The molecule has 8 heteroatoms. The molecule has 2 rings (SSSR count). The van der Waals surface area contributed by atoms with Crippen LogP contribution in [0.4, 0.5) is 0 Å². The molecule has 0 aliphatic heterocycles. The van der Waals surface area contributed by atoms with Crippen LogP contribution in [0, 0.1) is 0 Å². The van der Waals surface area contributed by atoms with Gasteiger partial charge in [0.25, 0.3) is 5.91 Å². The number of aliphatic hydroxyl groups excluding tert-OH is 1. The van der Waals surface area contributed by atoms with Gasteiger partial charge in [0.1, 0.15) is 0 Å². The van der Waals surface area contributed by atoms with E-state index in [1.807, 2.05) is 6.26 Å². The van der Waals surface area contributed by atoms with Gasteiger partial charge in [-0.2, -0.15) is 0 Å². The van der Waals surface area contributed by atoms with Crippen molar-refractivity contribution in [3.8, 4) is 0 Å². The molecular formula is C12H17N3O2S3. The predicted octanol–water partition coefficient (Wildman–Crippen LogP) is 1.58. The van der Waals surface area contributed by atoms with E-state index in [9.17, 15) is 9.90 Å². The van der Waals surface area contributed by atoms with Gasteiger partial charge < -0.3 is 10.4 Å². The number of thiophene rings is 1. The first-order valence-corrected chi connectivity index (χ1v) is 8.69. The third-order valence-corrected chi connectivity index (χ3v) is 5.85. The van der Waals surface area contributed by atoms with Crippen LogP contribution >= 0.6 is 35.3 Å². The van der Waals surface area contributed by atoms with Crippen LogP contribution in [0.3, 0.4) is 0 Å². The summed E-state index contributed by atoms with van der Waals surface area (Å²) >= 11 is 7.92. The third-order valence-electron chi connectivity index (χ3n) is 3.16. The van der Waals surface area contributed by atoms with Crippen molar-refractivity contribution in [3.05, 3.63) is 16.0 Å². The van der Waals surface area contributed by atoms with E-state index in [1.165, 1.54) is 11.3 Å². The Hall–Kier alpha value is -0.830. The van der Waals surface area contributed by atoms with Crippen molar-refractivity contribution in [1.29, 1.82) is 0 Å². The van der Waals surface area contributed by atoms with Crippen molar-refractivity contribution in [1.82, 2.24) is 16.2 Å². The summed E-state index contributed by atoms with van der Waals surface area (Å²) < 4.78 is 1.02. The minimum atomic E-state index is -0.453. The van der Waals surface area contributed by atoms with Gasteiger partial charge in [-0.25, -0.2) is 0 Å². The van der Waals surface area contributed by atoms with Crippen molar-refractivity contribution in [2.75, 3.05) is 13.3 Å². The van der Waals surface area contributed by atoms with E-state index in [1.54, 1.807) is 18.8 Å². The molecule has 0 aromatic carbocycles. The molecule has 1 aromatic rings. The van der Waals surface area contributed by atoms with Crippen molar-refractivity contribution >= 4 is 46.3 Å². The van der Waals surface area contributed by atoms with Gasteiger partial charge in [0.15, 0.2) is 5.11 Å². The van der Waals surface area contributed by atoms with Gasteiger partial charge in [0.2, 0.25) is 0 Å². The SMILES string of the molecule is CNC(=S)NNC(=O)c1sc(SC)c2c1CCC[C@@H]2O. The molecule has 0 saturated heterocycles. The molecule has 20 heavy (non-hydrogen) atoms. The van der Waals surface area contributed by atoms with E-state index in [0.717, 1.165) is 34.6 Å². The monoisotopic (exact) mass is 331 g/mol. The molecule has 0 saturated carbocycles. The van der Waals surface area contributed by atoms with Crippen LogP contribution in [0.5, 0.6) is 0 Å². The third kappa shape index (κ3) is 3.08. The number of thioether (sulfide) groups is 1. The molecule has 110 valence electrons. The standard InChI is InChI=1S/C12H17N3O2S3/c1-13-12(18)15-14-10(17)9-6-4-3-5-7(16)8(6)11(19-2)20-9/h7,16H,3-5H2,1-2H3,(H,14,17)(H2,13,15,18)/t7-/m0/s1. The number of nitrogens with one attached hydrogen (secondary N) is 3. The van der Waals surface area contributed by atoms with Gasteiger partial charge in [0, 0.05) is 12.6 Å². The molecule has 4 N–H and O–H groups in total. The van der Waals surface area contributed by atoms with Crippen molar-refractivity contribution < 1.29 is 9.90 Å². The Bertz CT molecular complexity index is 530. The zero-order valence-corrected chi connectivity index (χ0v) is 13.7. The van der Waals surface area contributed by atoms with E-state index < -0.39 is 6.10 Å². The summed E-state index contributed by atoms with van der Waals surface area (Å²) in [5, 5.41) is 13.2. The fourth-order valence-corrected chi connectivity index (χ4v) is 4.37. The molecule has 1 amide bonds. The second kappa shape index (κ2) is 6.75. The van der Waals surface area contributed by atoms with Gasteiger partial charge in [0.05, 0.1) is 15.2 Å². The lowest BCUT2D eigenvalue weighted by atomic mass is 9.91. The molecule has 0 unspecified atom stereocenters. The van der Waals surface area contributed by atoms with Gasteiger partial charge in [-0.3, -0.25) is 15.6 Å². The molecule has 1 aromatic heterocycles. The summed E-state index contributed by atoms with van der Waals surface area (Å²) in [6.07, 6.45) is 4.01. The number of hydrogen-bond donors (Lipinski definition) is 4. The summed E-state index contributed by atoms with van der Waals surface area (Å²) in [7, 11) is 1.68. The summed E-state index contributed by atoms with van der Waals surface area (Å²) in [4.78, 5) is 12.9. The molecule has 0 fully saturated rings. The van der Waals surface area contributed by atoms with Crippen LogP contribution in [0.2, 0.25) is 0 Å². The van der Waals surface area contributed by atoms with E-state index in [4.69, 9.17) is 12.2 Å². The minimum Gasteiger partial charge on any atom is -0.388 e. The summed E-state index contributed by atoms with van der Waals surface area (Å²) in [5.74, 6) is -0.210. The molecule has 0 bridgehead atoms. The van der Waals surface area contributed by atoms with Gasteiger partial charge in [-0.15, -0.1) is 23.1 Å². The highest BCUT2D eigenvalue weighted by atomic mass is 32.2. The Balaban J connectivity index is 2.24. The highest BCUT2D eigenvalue weighted by molar-refractivity contribution is 8.00. The number of amides is 1. The first-order chi connectivity index (χ1) is 9.58. The van der Waals surface area contributed by atoms with Crippen LogP contribution < -0.4 is 16.2 Å². The number of carbonyl (C=O) groups excluding carboxylic acids is 1. The van der Waals surface area contributed by atoms with Crippen molar-refractivity contribution in [2.24, 2.45) is 0 Å². The number of rotatable bonds is 2. The average Bonchev–Trinajstić information content (AvgIpc) is 2.84. The van der Waals surface area contributed by atoms with Crippen LogP contribution in [-0.2, 0) is 6.42 Å². The molecule has 1 aliphatic carbocycles. The predicted molar refractivity (Wildman–Crippen MR) is 86.3 cm³/mol. The van der Waals surface area contributed by atoms with Gasteiger partial charge in [-0.1, -0.05) is 0 Å². The van der Waals surface area contributed by atoms with Gasteiger partial charge >= 0.3 is 0 Å². The number of hydrogen-bond acceptors (Lipinski definition) is 5. The summed E-state index contributed by atoms with van der Waals surface area (Å²) in [6, 6.07) is 0. The summed E-state index contributed by atoms with van der Waals surface area (Å²) in [6.45, 7) is 0. The smallest absolute Gasteiger partial charge is 0.280 e. The number of hydrazine groups is 1. The normalized spacial score (nSPS) is 17.2. The lowest BCUT2D eigenvalue weighted by molar-refractivity contribution is 0.0946. The fraction of sp³-hybridized carbons (Fsp3) is 0.500. The number of fused-ring (bicyclic) bond motifs is 1. The Morgan fingerprint density at radius 2 is 2.25 bits per heavy atom.